The first-order valence-corrected chi connectivity index (χ1v) is 9.00. The van der Waals surface area contributed by atoms with Crippen molar-refractivity contribution in [3.63, 3.8) is 0 Å². The molecule has 0 aromatic heterocycles. The van der Waals surface area contributed by atoms with Crippen LogP contribution < -0.4 is 15.4 Å². The summed E-state index contributed by atoms with van der Waals surface area (Å²) in [5, 5.41) is 5.50. The second-order valence-electron chi connectivity index (χ2n) is 6.53. The molecule has 1 heterocycles. The zero-order chi connectivity index (χ0) is 20.1. The maximum Gasteiger partial charge on any atom is 0.338 e. The number of fused-ring (bicyclic) bond motifs is 1. The van der Waals surface area contributed by atoms with E-state index in [4.69, 9.17) is 9.47 Å². The normalized spacial score (nSPS) is 13.7. The van der Waals surface area contributed by atoms with Gasteiger partial charge >= 0.3 is 5.97 Å². The van der Waals surface area contributed by atoms with Crippen molar-refractivity contribution in [1.82, 2.24) is 5.32 Å². The number of carbonyl (C=O) groups is 3. The first kappa shape index (κ1) is 19.4. The fourth-order valence-electron chi connectivity index (χ4n) is 2.87. The van der Waals surface area contributed by atoms with E-state index in [0.29, 0.717) is 30.6 Å². The number of methoxy groups -OCH3 is 1. The molecular weight excluding hydrogens is 360 g/mol. The van der Waals surface area contributed by atoms with Crippen molar-refractivity contribution in [3.8, 4) is 5.75 Å². The van der Waals surface area contributed by atoms with Crippen molar-refractivity contribution in [2.45, 2.75) is 32.4 Å². The molecule has 1 atom stereocenters. The molecule has 7 heteroatoms. The summed E-state index contributed by atoms with van der Waals surface area (Å²) in [5.41, 5.74) is 2.85. The minimum Gasteiger partial charge on any atom is -0.497 e. The Hall–Kier alpha value is -3.35. The molecule has 146 valence electrons. The Bertz CT molecular complexity index is 892. The number of rotatable bonds is 6. The van der Waals surface area contributed by atoms with Gasteiger partial charge in [0.15, 0.2) is 6.10 Å². The average molecular weight is 382 g/mol. The number of anilines is 1. The zero-order valence-corrected chi connectivity index (χ0v) is 15.8. The average Bonchev–Trinajstić information content (AvgIpc) is 2.71. The van der Waals surface area contributed by atoms with Gasteiger partial charge in [-0.15, -0.1) is 0 Å². The molecule has 1 unspecified atom stereocenters. The van der Waals surface area contributed by atoms with Crippen molar-refractivity contribution in [2.75, 3.05) is 12.4 Å². The molecule has 7 nitrogen and oxygen atoms in total. The van der Waals surface area contributed by atoms with Gasteiger partial charge in [0.2, 0.25) is 5.91 Å². The standard InChI is InChI=1S/C21H22N2O5/c1-13(20(25)22-12-14-3-7-17(27-2)8-4-14)28-21(26)16-5-9-18-15(11-16)6-10-19(24)23-18/h3-5,7-9,11,13H,6,10,12H2,1-2H3,(H,22,25)(H,23,24). The third-order valence-corrected chi connectivity index (χ3v) is 4.52. The molecule has 0 spiro atoms. The number of carbonyl (C=O) groups excluding carboxylic acids is 3. The molecule has 0 saturated carbocycles. The quantitative estimate of drug-likeness (QED) is 0.749. The predicted molar refractivity (Wildman–Crippen MR) is 103 cm³/mol. The fraction of sp³-hybridized carbons (Fsp3) is 0.286. The van der Waals surface area contributed by atoms with Gasteiger partial charge in [0.1, 0.15) is 5.75 Å². The van der Waals surface area contributed by atoms with Gasteiger partial charge in [-0.3, -0.25) is 9.59 Å². The van der Waals surface area contributed by atoms with Crippen LogP contribution in [0.15, 0.2) is 42.5 Å². The summed E-state index contributed by atoms with van der Waals surface area (Å²) in [6.07, 6.45) is 0.0250. The van der Waals surface area contributed by atoms with E-state index in [1.54, 1.807) is 25.3 Å². The first-order chi connectivity index (χ1) is 13.5. The van der Waals surface area contributed by atoms with E-state index in [2.05, 4.69) is 10.6 Å². The Morgan fingerprint density at radius 2 is 1.89 bits per heavy atom. The summed E-state index contributed by atoms with van der Waals surface area (Å²) >= 11 is 0. The molecule has 2 N–H and O–H groups in total. The molecular formula is C21H22N2O5. The Kier molecular flexibility index (Phi) is 5.93. The monoisotopic (exact) mass is 382 g/mol. The lowest BCUT2D eigenvalue weighted by molar-refractivity contribution is -0.129. The summed E-state index contributed by atoms with van der Waals surface area (Å²) in [6, 6.07) is 12.3. The fourth-order valence-corrected chi connectivity index (χ4v) is 2.87. The maximum atomic E-state index is 12.4. The van der Waals surface area contributed by atoms with E-state index in [-0.39, 0.29) is 11.8 Å². The summed E-state index contributed by atoms with van der Waals surface area (Å²) in [7, 11) is 1.59. The number of hydrogen-bond acceptors (Lipinski definition) is 5. The van der Waals surface area contributed by atoms with E-state index < -0.39 is 12.1 Å². The van der Waals surface area contributed by atoms with Crippen LogP contribution in [0.1, 0.15) is 34.8 Å². The molecule has 2 aromatic carbocycles. The summed E-state index contributed by atoms with van der Waals surface area (Å²) in [4.78, 5) is 36.0. The van der Waals surface area contributed by atoms with Crippen molar-refractivity contribution >= 4 is 23.5 Å². The van der Waals surface area contributed by atoms with Crippen LogP contribution in [0.25, 0.3) is 0 Å². The summed E-state index contributed by atoms with van der Waals surface area (Å²) in [5.74, 6) is -0.256. The number of hydrogen-bond donors (Lipinski definition) is 2. The highest BCUT2D eigenvalue weighted by Crippen LogP contribution is 2.24. The molecule has 1 aliphatic heterocycles. The van der Waals surface area contributed by atoms with Gasteiger partial charge in [-0.25, -0.2) is 4.79 Å². The van der Waals surface area contributed by atoms with E-state index in [0.717, 1.165) is 16.9 Å². The van der Waals surface area contributed by atoms with Crippen LogP contribution in [-0.2, 0) is 27.3 Å². The Labute approximate surface area is 163 Å². The van der Waals surface area contributed by atoms with Gasteiger partial charge in [0.25, 0.3) is 5.91 Å². The van der Waals surface area contributed by atoms with Crippen molar-refractivity contribution in [3.05, 3.63) is 59.2 Å². The van der Waals surface area contributed by atoms with Gasteiger partial charge in [-0.05, 0) is 54.8 Å². The van der Waals surface area contributed by atoms with Crippen LogP contribution >= 0.6 is 0 Å². The van der Waals surface area contributed by atoms with Gasteiger partial charge in [0.05, 0.1) is 12.7 Å². The van der Waals surface area contributed by atoms with Crippen molar-refractivity contribution in [2.24, 2.45) is 0 Å². The lowest BCUT2D eigenvalue weighted by atomic mass is 10.0. The van der Waals surface area contributed by atoms with E-state index in [1.165, 1.54) is 6.92 Å². The molecule has 0 saturated heterocycles. The van der Waals surface area contributed by atoms with E-state index >= 15 is 0 Å². The molecule has 1 aliphatic rings. The minimum absolute atomic E-state index is 0.0371. The second-order valence-corrected chi connectivity index (χ2v) is 6.53. The first-order valence-electron chi connectivity index (χ1n) is 9.00. The molecule has 0 radical (unpaired) electrons. The van der Waals surface area contributed by atoms with Gasteiger partial charge < -0.3 is 20.1 Å². The highest BCUT2D eigenvalue weighted by molar-refractivity contribution is 5.96. The molecule has 0 fully saturated rings. The third-order valence-electron chi connectivity index (χ3n) is 4.52. The van der Waals surface area contributed by atoms with Crippen LogP contribution in [0, 0.1) is 0 Å². The topological polar surface area (TPSA) is 93.7 Å². The van der Waals surface area contributed by atoms with Gasteiger partial charge in [-0.1, -0.05) is 12.1 Å². The Morgan fingerprint density at radius 3 is 2.61 bits per heavy atom. The predicted octanol–water partition coefficient (Wildman–Crippen LogP) is 2.44. The van der Waals surface area contributed by atoms with Crippen LogP contribution in [0.5, 0.6) is 5.75 Å². The van der Waals surface area contributed by atoms with E-state index in [1.807, 2.05) is 24.3 Å². The van der Waals surface area contributed by atoms with Crippen molar-refractivity contribution < 1.29 is 23.9 Å². The zero-order valence-electron chi connectivity index (χ0n) is 15.8. The SMILES string of the molecule is COc1ccc(CNC(=O)C(C)OC(=O)c2ccc3c(c2)CCC(=O)N3)cc1. The van der Waals surface area contributed by atoms with Crippen molar-refractivity contribution in [1.29, 1.82) is 0 Å². The minimum atomic E-state index is -0.929. The molecule has 3 rings (SSSR count). The van der Waals surface area contributed by atoms with Crippen LogP contribution in [-0.4, -0.2) is 31.0 Å². The molecule has 2 amide bonds. The second kappa shape index (κ2) is 8.56. The van der Waals surface area contributed by atoms with Gasteiger partial charge in [-0.2, -0.15) is 0 Å². The highest BCUT2D eigenvalue weighted by atomic mass is 16.5. The Balaban J connectivity index is 1.54. The number of amides is 2. The van der Waals surface area contributed by atoms with Crippen LogP contribution in [0.3, 0.4) is 0 Å². The highest BCUT2D eigenvalue weighted by Gasteiger charge is 2.21. The number of aryl methyl sites for hydroxylation is 1. The molecule has 28 heavy (non-hydrogen) atoms. The number of nitrogens with one attached hydrogen (secondary N) is 2. The number of ether oxygens (including phenoxy) is 2. The van der Waals surface area contributed by atoms with Crippen LogP contribution in [0.2, 0.25) is 0 Å². The van der Waals surface area contributed by atoms with E-state index in [9.17, 15) is 14.4 Å². The third kappa shape index (κ3) is 4.68. The summed E-state index contributed by atoms with van der Waals surface area (Å²) < 4.78 is 10.4. The summed E-state index contributed by atoms with van der Waals surface area (Å²) in [6.45, 7) is 1.85. The largest absolute Gasteiger partial charge is 0.497 e. The number of benzene rings is 2. The van der Waals surface area contributed by atoms with Crippen LogP contribution in [0.4, 0.5) is 5.69 Å². The Morgan fingerprint density at radius 1 is 1.14 bits per heavy atom. The van der Waals surface area contributed by atoms with Gasteiger partial charge in [0, 0.05) is 18.7 Å². The number of esters is 1. The maximum absolute atomic E-state index is 12.4. The molecule has 0 bridgehead atoms. The molecule has 0 aliphatic carbocycles. The lowest BCUT2D eigenvalue weighted by Gasteiger charge is -2.18. The molecule has 2 aromatic rings. The smallest absolute Gasteiger partial charge is 0.338 e. The lowest BCUT2D eigenvalue weighted by Crippen LogP contribution is -2.35.